The number of nitrogens with one attached hydrogen (secondary N) is 2. The Morgan fingerprint density at radius 3 is 2.90 bits per heavy atom. The average Bonchev–Trinajstić information content (AvgIpc) is 2.44. The Morgan fingerprint density at radius 2 is 2.20 bits per heavy atom. The van der Waals surface area contributed by atoms with Crippen LogP contribution in [-0.2, 0) is 4.74 Å². The van der Waals surface area contributed by atoms with Crippen LogP contribution in [0.25, 0.3) is 0 Å². The minimum absolute atomic E-state index is 0.212. The quantitative estimate of drug-likeness (QED) is 0.570. The molecule has 0 spiro atoms. The van der Waals surface area contributed by atoms with Gasteiger partial charge in [-0.2, -0.15) is 0 Å². The van der Waals surface area contributed by atoms with E-state index in [2.05, 4.69) is 24.5 Å². The number of benzene rings is 1. The van der Waals surface area contributed by atoms with E-state index in [0.717, 1.165) is 37.4 Å². The molecule has 0 fully saturated rings. The van der Waals surface area contributed by atoms with Crippen LogP contribution < -0.4 is 15.4 Å². The van der Waals surface area contributed by atoms with Gasteiger partial charge in [-0.25, -0.2) is 0 Å². The van der Waals surface area contributed by atoms with E-state index in [0.29, 0.717) is 5.11 Å². The molecule has 1 aromatic carbocycles. The summed E-state index contributed by atoms with van der Waals surface area (Å²) >= 11 is 5.24. The van der Waals surface area contributed by atoms with Gasteiger partial charge in [0.25, 0.3) is 0 Å². The van der Waals surface area contributed by atoms with Crippen LogP contribution in [0, 0.1) is 0 Å². The molecule has 0 aromatic heterocycles. The molecule has 112 valence electrons. The molecule has 0 saturated carbocycles. The second-order valence-corrected chi connectivity index (χ2v) is 5.00. The zero-order chi connectivity index (χ0) is 14.8. The van der Waals surface area contributed by atoms with Crippen molar-refractivity contribution in [3.63, 3.8) is 0 Å². The molecule has 2 N–H and O–H groups in total. The van der Waals surface area contributed by atoms with E-state index in [1.807, 2.05) is 24.3 Å². The van der Waals surface area contributed by atoms with Crippen molar-refractivity contribution in [2.24, 2.45) is 0 Å². The van der Waals surface area contributed by atoms with E-state index in [9.17, 15) is 0 Å². The molecule has 1 unspecified atom stereocenters. The minimum Gasteiger partial charge on any atom is -0.491 e. The summed E-state index contributed by atoms with van der Waals surface area (Å²) in [5, 5.41) is 6.90. The van der Waals surface area contributed by atoms with Gasteiger partial charge in [-0.05, 0) is 44.1 Å². The lowest BCUT2D eigenvalue weighted by Crippen LogP contribution is -2.29. The Morgan fingerprint density at radius 1 is 1.40 bits per heavy atom. The summed E-state index contributed by atoms with van der Waals surface area (Å²) in [5.74, 6) is 0.853. The minimum atomic E-state index is 0.212. The second-order valence-electron chi connectivity index (χ2n) is 4.59. The fourth-order valence-electron chi connectivity index (χ4n) is 1.56. The lowest BCUT2D eigenvalue weighted by Gasteiger charge is -2.14. The zero-order valence-corrected chi connectivity index (χ0v) is 13.3. The van der Waals surface area contributed by atoms with E-state index in [-0.39, 0.29) is 6.10 Å². The normalized spacial score (nSPS) is 11.8. The summed E-state index contributed by atoms with van der Waals surface area (Å²) in [7, 11) is 1.69. The standard InChI is InChI=1S/C15H24N2O2S/c1-4-12(2)19-14-8-5-7-13(11-14)17-15(20)16-9-6-10-18-3/h5,7-8,11-12H,4,6,9-10H2,1-3H3,(H2,16,17,20). The van der Waals surface area contributed by atoms with Gasteiger partial charge in [-0.1, -0.05) is 13.0 Å². The third kappa shape index (κ3) is 6.73. The van der Waals surface area contributed by atoms with Gasteiger partial charge in [-0.15, -0.1) is 0 Å². The van der Waals surface area contributed by atoms with Crippen molar-refractivity contribution in [2.45, 2.75) is 32.8 Å². The van der Waals surface area contributed by atoms with Crippen molar-refractivity contribution in [1.82, 2.24) is 5.32 Å². The molecule has 1 aromatic rings. The predicted octanol–water partition coefficient (Wildman–Crippen LogP) is 3.19. The van der Waals surface area contributed by atoms with Crippen LogP contribution in [0.2, 0.25) is 0 Å². The number of thiocarbonyl (C=S) groups is 1. The number of rotatable bonds is 8. The molecule has 0 heterocycles. The molecule has 5 heteroatoms. The molecule has 0 aliphatic carbocycles. The summed E-state index contributed by atoms with van der Waals surface area (Å²) < 4.78 is 10.8. The predicted molar refractivity (Wildman–Crippen MR) is 87.5 cm³/mol. The molecule has 0 saturated heterocycles. The van der Waals surface area contributed by atoms with Crippen molar-refractivity contribution < 1.29 is 9.47 Å². The fourth-order valence-corrected chi connectivity index (χ4v) is 1.78. The highest BCUT2D eigenvalue weighted by Crippen LogP contribution is 2.19. The van der Waals surface area contributed by atoms with Crippen molar-refractivity contribution in [3.05, 3.63) is 24.3 Å². The molecule has 0 bridgehead atoms. The van der Waals surface area contributed by atoms with Crippen molar-refractivity contribution >= 4 is 23.0 Å². The highest BCUT2D eigenvalue weighted by Gasteiger charge is 2.03. The molecular formula is C15H24N2O2S. The number of methoxy groups -OCH3 is 1. The van der Waals surface area contributed by atoms with Crippen LogP contribution in [0.4, 0.5) is 5.69 Å². The van der Waals surface area contributed by atoms with Gasteiger partial charge in [0.2, 0.25) is 0 Å². The third-order valence-electron chi connectivity index (χ3n) is 2.81. The van der Waals surface area contributed by atoms with Crippen molar-refractivity contribution in [3.8, 4) is 5.75 Å². The molecule has 0 radical (unpaired) electrons. The van der Waals surface area contributed by atoms with Crippen LogP contribution in [0.1, 0.15) is 26.7 Å². The van der Waals surface area contributed by atoms with Gasteiger partial charge < -0.3 is 20.1 Å². The monoisotopic (exact) mass is 296 g/mol. The number of anilines is 1. The van der Waals surface area contributed by atoms with Crippen LogP contribution in [0.5, 0.6) is 5.75 Å². The van der Waals surface area contributed by atoms with Crippen LogP contribution in [0.15, 0.2) is 24.3 Å². The average molecular weight is 296 g/mol. The van der Waals surface area contributed by atoms with Gasteiger partial charge in [0.15, 0.2) is 5.11 Å². The second kappa shape index (κ2) is 9.55. The Labute approximate surface area is 126 Å². The molecule has 1 rings (SSSR count). The molecule has 1 atom stereocenters. The maximum Gasteiger partial charge on any atom is 0.170 e. The summed E-state index contributed by atoms with van der Waals surface area (Å²) in [4.78, 5) is 0. The van der Waals surface area contributed by atoms with Crippen molar-refractivity contribution in [1.29, 1.82) is 0 Å². The fraction of sp³-hybridized carbons (Fsp3) is 0.533. The Bertz CT molecular complexity index is 413. The SMILES string of the molecule is CCC(C)Oc1cccc(NC(=S)NCCCOC)c1. The summed E-state index contributed by atoms with van der Waals surface area (Å²) in [6.07, 6.45) is 2.12. The molecular weight excluding hydrogens is 272 g/mol. The van der Waals surface area contributed by atoms with Crippen LogP contribution in [-0.4, -0.2) is 31.5 Å². The number of hydrogen-bond acceptors (Lipinski definition) is 3. The van der Waals surface area contributed by atoms with E-state index in [4.69, 9.17) is 21.7 Å². The topological polar surface area (TPSA) is 42.5 Å². The summed E-state index contributed by atoms with van der Waals surface area (Å²) in [6.45, 7) is 5.69. The first-order chi connectivity index (χ1) is 9.65. The molecule has 0 amide bonds. The van der Waals surface area contributed by atoms with Crippen molar-refractivity contribution in [2.75, 3.05) is 25.6 Å². The molecule has 4 nitrogen and oxygen atoms in total. The molecule has 0 aliphatic heterocycles. The maximum atomic E-state index is 5.78. The van der Waals surface area contributed by atoms with E-state index >= 15 is 0 Å². The molecule has 0 aliphatic rings. The Balaban J connectivity index is 2.43. The number of ether oxygens (including phenoxy) is 2. The van der Waals surface area contributed by atoms with Crippen LogP contribution >= 0.6 is 12.2 Å². The van der Waals surface area contributed by atoms with E-state index in [1.54, 1.807) is 7.11 Å². The largest absolute Gasteiger partial charge is 0.491 e. The van der Waals surface area contributed by atoms with Gasteiger partial charge in [-0.3, -0.25) is 0 Å². The third-order valence-corrected chi connectivity index (χ3v) is 3.06. The summed E-state index contributed by atoms with van der Waals surface area (Å²) in [5.41, 5.74) is 0.926. The maximum absolute atomic E-state index is 5.78. The first-order valence-corrected chi connectivity index (χ1v) is 7.37. The Hall–Kier alpha value is -1.33. The lowest BCUT2D eigenvalue weighted by molar-refractivity contribution is 0.196. The highest BCUT2D eigenvalue weighted by molar-refractivity contribution is 7.80. The van der Waals surface area contributed by atoms with Gasteiger partial charge >= 0.3 is 0 Å². The first-order valence-electron chi connectivity index (χ1n) is 6.96. The first kappa shape index (κ1) is 16.7. The smallest absolute Gasteiger partial charge is 0.170 e. The van der Waals surface area contributed by atoms with Gasteiger partial charge in [0.05, 0.1) is 6.10 Å². The van der Waals surface area contributed by atoms with Crippen LogP contribution in [0.3, 0.4) is 0 Å². The lowest BCUT2D eigenvalue weighted by atomic mass is 10.3. The van der Waals surface area contributed by atoms with Gasteiger partial charge in [0, 0.05) is 32.0 Å². The Kier molecular flexibility index (Phi) is 7.99. The zero-order valence-electron chi connectivity index (χ0n) is 12.4. The van der Waals surface area contributed by atoms with E-state index < -0.39 is 0 Å². The van der Waals surface area contributed by atoms with Gasteiger partial charge in [0.1, 0.15) is 5.75 Å². The number of hydrogen-bond donors (Lipinski definition) is 2. The summed E-state index contributed by atoms with van der Waals surface area (Å²) in [6, 6.07) is 7.82. The van der Waals surface area contributed by atoms with E-state index in [1.165, 1.54) is 0 Å². The highest BCUT2D eigenvalue weighted by atomic mass is 32.1. The molecule has 20 heavy (non-hydrogen) atoms.